The predicted molar refractivity (Wildman–Crippen MR) is 89.7 cm³/mol. The molecule has 0 saturated carbocycles. The van der Waals surface area contributed by atoms with Crippen LogP contribution in [0.1, 0.15) is 20.3 Å². The number of urea groups is 1. The number of nitrogens with two attached hydrogens (primary N) is 1. The van der Waals surface area contributed by atoms with Gasteiger partial charge in [0.15, 0.2) is 0 Å². The molecule has 0 bridgehead atoms. The van der Waals surface area contributed by atoms with Crippen LogP contribution in [0.25, 0.3) is 0 Å². The van der Waals surface area contributed by atoms with Gasteiger partial charge in [-0.25, -0.2) is 4.79 Å². The van der Waals surface area contributed by atoms with E-state index in [1.807, 2.05) is 13.8 Å². The second kappa shape index (κ2) is 8.84. The SMILES string of the molecule is C=CCNC(=O)Nc1ccc(NC(=O)C(N)C(C)CC)cc1. The van der Waals surface area contributed by atoms with Crippen molar-refractivity contribution in [3.8, 4) is 0 Å². The summed E-state index contributed by atoms with van der Waals surface area (Å²) >= 11 is 0. The Morgan fingerprint density at radius 3 is 2.27 bits per heavy atom. The first-order valence-corrected chi connectivity index (χ1v) is 7.30. The van der Waals surface area contributed by atoms with Crippen LogP contribution in [0.3, 0.4) is 0 Å². The average Bonchev–Trinajstić information content (AvgIpc) is 2.53. The lowest BCUT2D eigenvalue weighted by atomic mass is 9.99. The quantitative estimate of drug-likeness (QED) is 0.582. The lowest BCUT2D eigenvalue weighted by Crippen LogP contribution is -2.40. The summed E-state index contributed by atoms with van der Waals surface area (Å²) in [7, 11) is 0. The molecule has 0 spiro atoms. The number of benzene rings is 1. The molecule has 3 amide bonds. The minimum atomic E-state index is -0.535. The minimum Gasteiger partial charge on any atom is -0.334 e. The Balaban J connectivity index is 2.56. The van der Waals surface area contributed by atoms with Gasteiger partial charge in [0, 0.05) is 17.9 Å². The molecule has 2 atom stereocenters. The van der Waals surface area contributed by atoms with Crippen molar-refractivity contribution >= 4 is 23.3 Å². The third kappa shape index (κ3) is 5.57. The second-order valence-corrected chi connectivity index (χ2v) is 5.10. The number of amides is 3. The van der Waals surface area contributed by atoms with E-state index in [2.05, 4.69) is 22.5 Å². The Morgan fingerprint density at radius 1 is 1.23 bits per heavy atom. The number of nitrogens with one attached hydrogen (secondary N) is 3. The maximum absolute atomic E-state index is 12.0. The molecule has 0 aliphatic rings. The lowest BCUT2D eigenvalue weighted by Gasteiger charge is -2.17. The Kier molecular flexibility index (Phi) is 7.12. The highest BCUT2D eigenvalue weighted by Gasteiger charge is 2.19. The van der Waals surface area contributed by atoms with Crippen LogP contribution in [-0.2, 0) is 4.79 Å². The molecule has 0 radical (unpaired) electrons. The van der Waals surface area contributed by atoms with Crippen molar-refractivity contribution in [1.82, 2.24) is 5.32 Å². The van der Waals surface area contributed by atoms with Gasteiger partial charge in [-0.15, -0.1) is 6.58 Å². The number of anilines is 2. The zero-order valence-electron chi connectivity index (χ0n) is 13.1. The number of hydrogen-bond donors (Lipinski definition) is 4. The van der Waals surface area contributed by atoms with Gasteiger partial charge in [0.05, 0.1) is 6.04 Å². The third-order valence-electron chi connectivity index (χ3n) is 3.38. The van der Waals surface area contributed by atoms with Crippen molar-refractivity contribution in [3.63, 3.8) is 0 Å². The van der Waals surface area contributed by atoms with Crippen molar-refractivity contribution in [2.45, 2.75) is 26.3 Å². The molecule has 1 aromatic rings. The number of carbonyl (C=O) groups excluding carboxylic acids is 2. The van der Waals surface area contributed by atoms with Crippen LogP contribution >= 0.6 is 0 Å². The smallest absolute Gasteiger partial charge is 0.319 e. The highest BCUT2D eigenvalue weighted by Crippen LogP contribution is 2.15. The lowest BCUT2D eigenvalue weighted by molar-refractivity contribution is -0.118. The molecule has 0 aliphatic carbocycles. The topological polar surface area (TPSA) is 96.2 Å². The molecule has 22 heavy (non-hydrogen) atoms. The number of rotatable bonds is 7. The Morgan fingerprint density at radius 2 is 1.77 bits per heavy atom. The van der Waals surface area contributed by atoms with E-state index in [0.29, 0.717) is 17.9 Å². The molecule has 5 N–H and O–H groups in total. The summed E-state index contributed by atoms with van der Waals surface area (Å²) in [6, 6.07) is 5.99. The summed E-state index contributed by atoms with van der Waals surface area (Å²) < 4.78 is 0. The van der Waals surface area contributed by atoms with E-state index in [1.165, 1.54) is 0 Å². The van der Waals surface area contributed by atoms with Gasteiger partial charge in [-0.3, -0.25) is 4.79 Å². The standard InChI is InChI=1S/C16H24N4O2/c1-4-10-18-16(22)20-13-8-6-12(7-9-13)19-15(21)14(17)11(3)5-2/h4,6-9,11,14H,1,5,10,17H2,2-3H3,(H,19,21)(H2,18,20,22). The van der Waals surface area contributed by atoms with Gasteiger partial charge in [-0.1, -0.05) is 26.3 Å². The van der Waals surface area contributed by atoms with Crippen molar-refractivity contribution in [1.29, 1.82) is 0 Å². The van der Waals surface area contributed by atoms with E-state index in [-0.39, 0.29) is 17.9 Å². The molecule has 0 aliphatic heterocycles. The highest BCUT2D eigenvalue weighted by atomic mass is 16.2. The fourth-order valence-corrected chi connectivity index (χ4v) is 1.71. The molecular weight excluding hydrogens is 280 g/mol. The van der Waals surface area contributed by atoms with E-state index in [1.54, 1.807) is 30.3 Å². The average molecular weight is 304 g/mol. The van der Waals surface area contributed by atoms with Crippen LogP contribution in [0, 0.1) is 5.92 Å². The summed E-state index contributed by atoms with van der Waals surface area (Å²) in [6.07, 6.45) is 2.44. The molecule has 1 aromatic carbocycles. The molecule has 6 nitrogen and oxygen atoms in total. The van der Waals surface area contributed by atoms with E-state index in [4.69, 9.17) is 5.73 Å². The largest absolute Gasteiger partial charge is 0.334 e. The molecule has 120 valence electrons. The van der Waals surface area contributed by atoms with Crippen LogP contribution in [0.4, 0.5) is 16.2 Å². The monoisotopic (exact) mass is 304 g/mol. The van der Waals surface area contributed by atoms with Gasteiger partial charge in [0.1, 0.15) is 0 Å². The van der Waals surface area contributed by atoms with Crippen molar-refractivity contribution < 1.29 is 9.59 Å². The van der Waals surface area contributed by atoms with E-state index in [9.17, 15) is 9.59 Å². The molecule has 6 heteroatoms. The molecule has 2 unspecified atom stereocenters. The fourth-order valence-electron chi connectivity index (χ4n) is 1.71. The maximum Gasteiger partial charge on any atom is 0.319 e. The molecule has 0 fully saturated rings. The summed E-state index contributed by atoms with van der Waals surface area (Å²) in [6.45, 7) is 7.85. The molecule has 1 rings (SSSR count). The van der Waals surface area contributed by atoms with Crippen LogP contribution < -0.4 is 21.7 Å². The van der Waals surface area contributed by atoms with Crippen LogP contribution in [-0.4, -0.2) is 24.5 Å². The molecule has 0 aromatic heterocycles. The predicted octanol–water partition coefficient (Wildman–Crippen LogP) is 2.31. The normalized spacial score (nSPS) is 12.9. The summed E-state index contributed by atoms with van der Waals surface area (Å²) in [5, 5.41) is 8.05. The van der Waals surface area contributed by atoms with Gasteiger partial charge in [-0.05, 0) is 30.2 Å². The Bertz CT molecular complexity index is 513. The van der Waals surface area contributed by atoms with Crippen LogP contribution in [0.15, 0.2) is 36.9 Å². The fraction of sp³-hybridized carbons (Fsp3) is 0.375. The minimum absolute atomic E-state index is 0.120. The van der Waals surface area contributed by atoms with Crippen molar-refractivity contribution in [2.24, 2.45) is 11.7 Å². The Labute approximate surface area is 131 Å². The van der Waals surface area contributed by atoms with E-state index >= 15 is 0 Å². The third-order valence-corrected chi connectivity index (χ3v) is 3.38. The summed E-state index contributed by atoms with van der Waals surface area (Å²) in [5.41, 5.74) is 7.15. The first-order valence-electron chi connectivity index (χ1n) is 7.30. The summed E-state index contributed by atoms with van der Waals surface area (Å²) in [4.78, 5) is 23.4. The number of carbonyl (C=O) groups is 2. The number of hydrogen-bond acceptors (Lipinski definition) is 3. The van der Waals surface area contributed by atoms with Crippen LogP contribution in [0.5, 0.6) is 0 Å². The van der Waals surface area contributed by atoms with E-state index < -0.39 is 6.04 Å². The molecular formula is C16H24N4O2. The zero-order valence-corrected chi connectivity index (χ0v) is 13.1. The summed E-state index contributed by atoms with van der Waals surface area (Å²) in [5.74, 6) is -0.0896. The van der Waals surface area contributed by atoms with E-state index in [0.717, 1.165) is 6.42 Å². The van der Waals surface area contributed by atoms with Gasteiger partial charge in [-0.2, -0.15) is 0 Å². The molecule has 0 heterocycles. The van der Waals surface area contributed by atoms with Gasteiger partial charge >= 0.3 is 6.03 Å². The van der Waals surface area contributed by atoms with Gasteiger partial charge in [0.2, 0.25) is 5.91 Å². The van der Waals surface area contributed by atoms with Crippen LogP contribution in [0.2, 0.25) is 0 Å². The first-order chi connectivity index (χ1) is 10.5. The van der Waals surface area contributed by atoms with Gasteiger partial charge in [0.25, 0.3) is 0 Å². The zero-order chi connectivity index (χ0) is 16.5. The maximum atomic E-state index is 12.0. The first kappa shape index (κ1) is 17.7. The molecule has 0 saturated heterocycles. The van der Waals surface area contributed by atoms with Crippen molar-refractivity contribution in [3.05, 3.63) is 36.9 Å². The highest BCUT2D eigenvalue weighted by molar-refractivity contribution is 5.95. The Hall–Kier alpha value is -2.34. The van der Waals surface area contributed by atoms with Gasteiger partial charge < -0.3 is 21.7 Å². The second-order valence-electron chi connectivity index (χ2n) is 5.10. The van der Waals surface area contributed by atoms with Crippen molar-refractivity contribution in [2.75, 3.05) is 17.2 Å².